The van der Waals surface area contributed by atoms with Gasteiger partial charge in [-0.2, -0.15) is 21.6 Å². The maximum atomic E-state index is 14.1. The van der Waals surface area contributed by atoms with Crippen molar-refractivity contribution in [2.24, 2.45) is 5.92 Å². The van der Waals surface area contributed by atoms with Crippen LogP contribution in [0.5, 0.6) is 0 Å². The van der Waals surface area contributed by atoms with Gasteiger partial charge in [0.1, 0.15) is 5.75 Å². The minimum absolute atomic E-state index is 0.196. The Morgan fingerprint density at radius 2 is 1.02 bits per heavy atom. The molecule has 3 amide bonds. The Labute approximate surface area is 435 Å². The van der Waals surface area contributed by atoms with Crippen molar-refractivity contribution in [3.8, 4) is 0 Å². The minimum Gasteiger partial charge on any atom is -0.451 e. The highest BCUT2D eigenvalue weighted by Gasteiger charge is 2.50. The fraction of sp³-hybridized carbons (Fsp3) is 0.290. The van der Waals surface area contributed by atoms with E-state index in [1.165, 1.54) is 0 Å². The van der Waals surface area contributed by atoms with Crippen molar-refractivity contribution in [2.45, 2.75) is 43.2 Å². The van der Waals surface area contributed by atoms with Crippen LogP contribution in [0.3, 0.4) is 0 Å². The molecule has 11 nitrogen and oxygen atoms in total. The fourth-order valence-corrected chi connectivity index (χ4v) is 13.4. The van der Waals surface area contributed by atoms with Crippen LogP contribution in [0.4, 0.5) is 13.2 Å². The maximum Gasteiger partial charge on any atom is 0.426 e. The van der Waals surface area contributed by atoms with Crippen LogP contribution >= 0.6 is 203 Å². The SMILES string of the molecule is O=C(NC1CC(NC(=O)c2cc(I)cc(I)c2I)C(C(=O)OC(CS(=O)(=O)O)C(F)(F)F)C(NC(=O)c2cc(I)cc(I)c2I)C1)c1cc(I)cc(I)c1I. The van der Waals surface area contributed by atoms with Gasteiger partial charge in [0.2, 0.25) is 6.10 Å². The first kappa shape index (κ1) is 49.5. The van der Waals surface area contributed by atoms with Crippen LogP contribution in [0.2, 0.25) is 0 Å². The lowest BCUT2D eigenvalue weighted by Gasteiger charge is -2.42. The van der Waals surface area contributed by atoms with Gasteiger partial charge in [0.05, 0.1) is 22.6 Å². The monoisotopic (exact) mass is 1790 g/mol. The molecule has 4 rings (SSSR count). The number of nitrogens with one attached hydrogen (secondary N) is 3. The summed E-state index contributed by atoms with van der Waals surface area (Å²) in [6, 6.07) is 6.76. The van der Waals surface area contributed by atoms with Crippen LogP contribution in [-0.2, 0) is 19.6 Å². The third-order valence-corrected chi connectivity index (χ3v) is 19.6. The molecule has 1 saturated carbocycles. The number of ether oxygens (including phenoxy) is 1. The summed E-state index contributed by atoms with van der Waals surface area (Å²) in [5, 5.41) is 8.44. The van der Waals surface area contributed by atoms with Crippen molar-refractivity contribution >= 4 is 237 Å². The number of alkyl halides is 3. The molecule has 1 fully saturated rings. The first-order valence-corrected chi connectivity index (χ1v) is 26.3. The van der Waals surface area contributed by atoms with Crippen LogP contribution < -0.4 is 16.0 Å². The first-order chi connectivity index (χ1) is 25.4. The molecule has 0 aromatic heterocycles. The van der Waals surface area contributed by atoms with Crippen LogP contribution in [0.25, 0.3) is 0 Å². The maximum absolute atomic E-state index is 14.1. The summed E-state index contributed by atoms with van der Waals surface area (Å²) in [6.07, 6.45) is -9.10. The Balaban J connectivity index is 1.84. The summed E-state index contributed by atoms with van der Waals surface area (Å²) >= 11 is 18.3. The smallest absolute Gasteiger partial charge is 0.426 e. The van der Waals surface area contributed by atoms with E-state index in [-0.39, 0.29) is 24.0 Å². The van der Waals surface area contributed by atoms with E-state index in [0.717, 1.165) is 14.3 Å². The van der Waals surface area contributed by atoms with Crippen LogP contribution in [0.15, 0.2) is 36.4 Å². The Bertz CT molecular complexity index is 2080. The van der Waals surface area contributed by atoms with Gasteiger partial charge in [-0.05, 0) is 253 Å². The van der Waals surface area contributed by atoms with Gasteiger partial charge in [0, 0.05) is 50.3 Å². The molecule has 3 atom stereocenters. The molecule has 0 heterocycles. The number of hydrogen-bond acceptors (Lipinski definition) is 7. The van der Waals surface area contributed by atoms with E-state index < -0.39 is 75.9 Å². The summed E-state index contributed by atoms with van der Waals surface area (Å²) in [6.45, 7) is 0. The third kappa shape index (κ3) is 13.6. The number of amides is 3. The normalized spacial score (nSPS) is 19.3. The van der Waals surface area contributed by atoms with E-state index in [9.17, 15) is 45.3 Å². The molecule has 1 aliphatic carbocycles. The largest absolute Gasteiger partial charge is 0.451 e. The van der Waals surface area contributed by atoms with Crippen LogP contribution in [0.1, 0.15) is 43.9 Å². The number of esters is 1. The molecule has 0 radical (unpaired) electrons. The van der Waals surface area contributed by atoms with Crippen molar-refractivity contribution in [1.29, 1.82) is 0 Å². The number of carbonyl (C=O) groups excluding carboxylic acids is 4. The van der Waals surface area contributed by atoms with Crippen molar-refractivity contribution in [2.75, 3.05) is 5.75 Å². The van der Waals surface area contributed by atoms with Crippen molar-refractivity contribution in [3.63, 3.8) is 0 Å². The van der Waals surface area contributed by atoms with Gasteiger partial charge in [-0.15, -0.1) is 0 Å². The van der Waals surface area contributed by atoms with Crippen LogP contribution in [-0.4, -0.2) is 72.8 Å². The molecule has 3 aromatic rings. The Morgan fingerprint density at radius 3 is 1.35 bits per heavy atom. The lowest BCUT2D eigenvalue weighted by atomic mass is 9.77. The van der Waals surface area contributed by atoms with Crippen molar-refractivity contribution in [3.05, 3.63) is 85.2 Å². The van der Waals surface area contributed by atoms with Gasteiger partial charge in [-0.3, -0.25) is 23.7 Å². The van der Waals surface area contributed by atoms with Crippen LogP contribution in [0, 0.1) is 38.0 Å². The number of rotatable bonds is 10. The van der Waals surface area contributed by atoms with E-state index in [1.54, 1.807) is 18.2 Å². The predicted molar refractivity (Wildman–Crippen MR) is 273 cm³/mol. The van der Waals surface area contributed by atoms with Gasteiger partial charge in [0.15, 0.2) is 0 Å². The second kappa shape index (κ2) is 20.8. The molecule has 0 bridgehead atoms. The number of benzene rings is 3. The second-order valence-corrected chi connectivity index (χ2v) is 23.7. The zero-order chi connectivity index (χ0) is 41.3. The Hall–Kier alpha value is 1.81. The van der Waals surface area contributed by atoms with E-state index in [2.05, 4.69) is 61.1 Å². The molecule has 0 spiro atoms. The summed E-state index contributed by atoms with van der Waals surface area (Å²) < 4.78 is 85.7. The molecule has 24 heteroatoms. The summed E-state index contributed by atoms with van der Waals surface area (Å²) in [5.74, 6) is -7.20. The Kier molecular flexibility index (Phi) is 18.7. The van der Waals surface area contributed by atoms with Gasteiger partial charge < -0.3 is 20.7 Å². The Morgan fingerprint density at radius 1 is 0.673 bits per heavy atom. The zero-order valence-corrected chi connectivity index (χ0v) is 47.0. The zero-order valence-electron chi connectivity index (χ0n) is 26.7. The lowest BCUT2D eigenvalue weighted by Crippen LogP contribution is -2.62. The fourth-order valence-electron chi connectivity index (χ4n) is 5.55. The average Bonchev–Trinajstić information content (AvgIpc) is 3.04. The summed E-state index contributed by atoms with van der Waals surface area (Å²) in [4.78, 5) is 55.7. The number of carbonyl (C=O) groups is 4. The second-order valence-electron chi connectivity index (χ2n) is 11.8. The van der Waals surface area contributed by atoms with E-state index in [0.29, 0.717) is 23.4 Å². The highest BCUT2D eigenvalue weighted by Crippen LogP contribution is 2.33. The predicted octanol–water partition coefficient (Wildman–Crippen LogP) is 8.60. The number of hydrogen-bond donors (Lipinski definition) is 4. The van der Waals surface area contributed by atoms with Gasteiger partial charge in [0.25, 0.3) is 27.8 Å². The third-order valence-electron chi connectivity index (χ3n) is 7.88. The standard InChI is InChI=1S/C31H21F3I9N3O8S/c32-31(33,34)22(9-55(51,52)53)54-30(50)23-20(45-28(48)15-2-11(36)5-18(39)25(15)42)7-13(44-27(47)14-1-10(35)4-17(38)24(14)41)8-21(23)46-29(49)16-3-12(37)6-19(40)26(16)43/h1-6,13,20-23H,7-9H2,(H,44,47)(H,45,48)(H,46,49)(H,51,52,53). The summed E-state index contributed by atoms with van der Waals surface area (Å²) in [5.41, 5.74) is 0.728. The minimum atomic E-state index is -5.42. The first-order valence-electron chi connectivity index (χ1n) is 14.9. The summed E-state index contributed by atoms with van der Waals surface area (Å²) in [7, 11) is -5.29. The van der Waals surface area contributed by atoms with Gasteiger partial charge in [-0.25, -0.2) is 0 Å². The van der Waals surface area contributed by atoms with E-state index in [4.69, 9.17) is 4.74 Å². The van der Waals surface area contributed by atoms with Gasteiger partial charge >= 0.3 is 12.1 Å². The lowest BCUT2D eigenvalue weighted by molar-refractivity contribution is -0.218. The average molecular weight is 1790 g/mol. The van der Waals surface area contributed by atoms with E-state index in [1.807, 2.05) is 176 Å². The molecule has 3 aromatic carbocycles. The highest BCUT2D eigenvalue weighted by atomic mass is 127. The molecule has 3 unspecified atom stereocenters. The molecule has 55 heavy (non-hydrogen) atoms. The molecule has 4 N–H and O–H groups in total. The van der Waals surface area contributed by atoms with E-state index >= 15 is 0 Å². The molecule has 0 saturated heterocycles. The number of halogens is 12. The molecular weight excluding hydrogens is 1770 g/mol. The molecule has 1 aliphatic rings. The topological polar surface area (TPSA) is 168 Å². The van der Waals surface area contributed by atoms with Gasteiger partial charge in [-0.1, -0.05) is 0 Å². The molecule has 0 aliphatic heterocycles. The highest BCUT2D eigenvalue weighted by molar-refractivity contribution is 14.1. The molecule has 298 valence electrons. The van der Waals surface area contributed by atoms with Crippen molar-refractivity contribution in [1.82, 2.24) is 16.0 Å². The quantitative estimate of drug-likeness (QED) is 0.0678. The molecular formula is C31H21F3I9N3O8S. The van der Waals surface area contributed by atoms with Crippen molar-refractivity contribution < 1.29 is 50.1 Å².